The number of esters is 1. The van der Waals surface area contributed by atoms with Gasteiger partial charge in [0.15, 0.2) is 6.29 Å². The Morgan fingerprint density at radius 3 is 2.39 bits per heavy atom. The molecule has 0 N–H and O–H groups in total. The van der Waals surface area contributed by atoms with Crippen molar-refractivity contribution in [3.8, 4) is 0 Å². The zero-order chi connectivity index (χ0) is 25.4. The third-order valence-corrected chi connectivity index (χ3v) is 7.47. The van der Waals surface area contributed by atoms with E-state index in [0.29, 0.717) is 19.4 Å². The second-order valence-corrected chi connectivity index (χ2v) is 10.5. The fourth-order valence-electron chi connectivity index (χ4n) is 5.34. The van der Waals surface area contributed by atoms with Gasteiger partial charge in [0.2, 0.25) is 6.29 Å². The summed E-state index contributed by atoms with van der Waals surface area (Å²) in [7, 11) is 0. The number of allylic oxidation sites excluding steroid dienone is 3. The van der Waals surface area contributed by atoms with Gasteiger partial charge in [-0.1, -0.05) is 50.5 Å². The van der Waals surface area contributed by atoms with E-state index in [0.717, 1.165) is 70.8 Å². The number of unbranched alkanes of at least 4 members (excludes halogenated alkanes) is 5. The lowest BCUT2D eigenvalue weighted by Gasteiger charge is -2.28. The third kappa shape index (κ3) is 10.5. The Kier molecular flexibility index (Phi) is 13.8. The van der Waals surface area contributed by atoms with Crippen LogP contribution in [0.4, 0.5) is 0 Å². The van der Waals surface area contributed by atoms with E-state index in [1.165, 1.54) is 25.7 Å². The average Bonchev–Trinajstić information content (AvgIpc) is 3.18. The quantitative estimate of drug-likeness (QED) is 0.138. The van der Waals surface area contributed by atoms with Crippen molar-refractivity contribution in [2.24, 2.45) is 11.8 Å². The van der Waals surface area contributed by atoms with Crippen LogP contribution in [-0.4, -0.2) is 43.7 Å². The van der Waals surface area contributed by atoms with Crippen molar-refractivity contribution in [3.05, 3.63) is 24.3 Å². The van der Waals surface area contributed by atoms with Gasteiger partial charge in [-0.3, -0.25) is 9.59 Å². The van der Waals surface area contributed by atoms with Gasteiger partial charge in [-0.25, -0.2) is 0 Å². The zero-order valence-electron chi connectivity index (χ0n) is 22.4. The second-order valence-electron chi connectivity index (χ2n) is 10.5. The molecule has 36 heavy (non-hydrogen) atoms. The summed E-state index contributed by atoms with van der Waals surface area (Å²) in [6, 6.07) is 0. The maximum absolute atomic E-state index is 12.9. The van der Waals surface area contributed by atoms with E-state index in [2.05, 4.69) is 31.2 Å². The topological polar surface area (TPSA) is 71.1 Å². The van der Waals surface area contributed by atoms with E-state index >= 15 is 0 Å². The molecule has 0 aromatic rings. The van der Waals surface area contributed by atoms with E-state index < -0.39 is 0 Å². The van der Waals surface area contributed by atoms with E-state index in [1.54, 1.807) is 0 Å². The smallest absolute Gasteiger partial charge is 0.308 e. The molecular formula is C30H48O6. The molecule has 0 aromatic heterocycles. The Morgan fingerprint density at radius 2 is 1.67 bits per heavy atom. The van der Waals surface area contributed by atoms with E-state index in [1.807, 2.05) is 0 Å². The number of hydrogen-bond acceptors (Lipinski definition) is 6. The predicted octanol–water partition coefficient (Wildman–Crippen LogP) is 6.82. The first kappa shape index (κ1) is 29.1. The van der Waals surface area contributed by atoms with Crippen LogP contribution < -0.4 is 0 Å². The summed E-state index contributed by atoms with van der Waals surface area (Å²) in [6.07, 6.45) is 23.3. The number of rotatable bonds is 15. The molecule has 1 saturated carbocycles. The highest BCUT2D eigenvalue weighted by Crippen LogP contribution is 2.37. The van der Waals surface area contributed by atoms with Crippen molar-refractivity contribution in [1.29, 1.82) is 0 Å². The zero-order valence-corrected chi connectivity index (χ0v) is 22.4. The van der Waals surface area contributed by atoms with Crippen LogP contribution in [-0.2, 0) is 28.5 Å². The molecule has 0 radical (unpaired) electrons. The minimum absolute atomic E-state index is 0.0462. The molecule has 2 heterocycles. The van der Waals surface area contributed by atoms with Crippen LogP contribution in [0.15, 0.2) is 24.3 Å². The molecule has 3 aliphatic rings. The van der Waals surface area contributed by atoms with E-state index in [4.69, 9.17) is 18.9 Å². The van der Waals surface area contributed by atoms with E-state index in [-0.39, 0.29) is 42.3 Å². The second kappa shape index (κ2) is 17.1. The van der Waals surface area contributed by atoms with E-state index in [9.17, 15) is 9.59 Å². The molecule has 6 heteroatoms. The number of carbonyl (C=O) groups is 2. The Bertz CT molecular complexity index is 690. The van der Waals surface area contributed by atoms with Crippen molar-refractivity contribution in [3.63, 3.8) is 0 Å². The van der Waals surface area contributed by atoms with Crippen LogP contribution >= 0.6 is 0 Å². The van der Waals surface area contributed by atoms with Gasteiger partial charge in [-0.2, -0.15) is 0 Å². The molecule has 0 spiro atoms. The first-order valence-electron chi connectivity index (χ1n) is 14.6. The highest BCUT2D eigenvalue weighted by atomic mass is 16.7. The molecule has 5 atom stereocenters. The maximum Gasteiger partial charge on any atom is 0.308 e. The molecule has 204 valence electrons. The minimum atomic E-state index is -0.360. The molecule has 3 fully saturated rings. The Labute approximate surface area is 218 Å². The molecule has 6 nitrogen and oxygen atoms in total. The first-order chi connectivity index (χ1) is 17.7. The Balaban J connectivity index is 1.44. The van der Waals surface area contributed by atoms with Gasteiger partial charge in [-0.05, 0) is 64.2 Å². The molecule has 0 bridgehead atoms. The van der Waals surface area contributed by atoms with Crippen molar-refractivity contribution >= 4 is 11.8 Å². The summed E-state index contributed by atoms with van der Waals surface area (Å²) >= 11 is 0. The predicted molar refractivity (Wildman–Crippen MR) is 140 cm³/mol. The van der Waals surface area contributed by atoms with Gasteiger partial charge in [0.1, 0.15) is 5.78 Å². The molecular weight excluding hydrogens is 456 g/mol. The third-order valence-electron chi connectivity index (χ3n) is 7.47. The lowest BCUT2D eigenvalue weighted by molar-refractivity contribution is -0.192. The summed E-state index contributed by atoms with van der Waals surface area (Å²) in [6.45, 7) is 3.65. The first-order valence-corrected chi connectivity index (χ1v) is 14.6. The minimum Gasteiger partial charge on any atom is -0.436 e. The molecule has 0 amide bonds. The fraction of sp³-hybridized carbons (Fsp3) is 0.800. The highest BCUT2D eigenvalue weighted by Gasteiger charge is 2.42. The van der Waals surface area contributed by atoms with Crippen LogP contribution in [0.3, 0.4) is 0 Å². The van der Waals surface area contributed by atoms with Crippen LogP contribution in [0.25, 0.3) is 0 Å². The maximum atomic E-state index is 12.9. The monoisotopic (exact) mass is 504 g/mol. The van der Waals surface area contributed by atoms with Gasteiger partial charge >= 0.3 is 5.97 Å². The SMILES string of the molecule is CCCCCC/C=C/[C@H]1[C@H](OC2CCCCO2)CC(=O)[C@@H]1C/C=C\CCCC(=O)OC1CCCCO1. The summed E-state index contributed by atoms with van der Waals surface area (Å²) in [4.78, 5) is 25.0. The van der Waals surface area contributed by atoms with Crippen LogP contribution in [0.1, 0.15) is 110 Å². The van der Waals surface area contributed by atoms with Crippen molar-refractivity contribution in [2.45, 2.75) is 128 Å². The lowest BCUT2D eigenvalue weighted by atomic mass is 9.90. The standard InChI is InChI=1S/C30H48O6/c1-2-3-4-5-6-10-17-25-24(26(31)23-27(25)35-29-19-12-14-21-33-29)16-9-7-8-11-18-28(32)36-30-20-13-15-22-34-30/h7,9-10,17,24-25,27,29-30H,2-6,8,11-16,18-23H2,1H3/b9-7-,17-10+/t24-,25-,27-,29?,30?/m1/s1. The van der Waals surface area contributed by atoms with Gasteiger partial charge in [0.25, 0.3) is 0 Å². The van der Waals surface area contributed by atoms with Crippen LogP contribution in [0, 0.1) is 11.8 Å². The van der Waals surface area contributed by atoms with Gasteiger partial charge in [0, 0.05) is 37.7 Å². The Morgan fingerprint density at radius 1 is 0.917 bits per heavy atom. The van der Waals surface area contributed by atoms with Gasteiger partial charge in [-0.15, -0.1) is 0 Å². The Hall–Kier alpha value is -1.50. The molecule has 2 unspecified atom stereocenters. The van der Waals surface area contributed by atoms with Crippen LogP contribution in [0.5, 0.6) is 0 Å². The molecule has 2 aliphatic heterocycles. The van der Waals surface area contributed by atoms with Crippen molar-refractivity contribution in [2.75, 3.05) is 13.2 Å². The average molecular weight is 505 g/mol. The summed E-state index contributed by atoms with van der Waals surface area (Å²) in [5.74, 6) is 0.159. The number of hydrogen-bond donors (Lipinski definition) is 0. The highest BCUT2D eigenvalue weighted by molar-refractivity contribution is 5.85. The number of Topliss-reactive ketones (excluding diaryl/α,β-unsaturated/α-hetero) is 1. The van der Waals surface area contributed by atoms with Crippen LogP contribution in [0.2, 0.25) is 0 Å². The number of ether oxygens (including phenoxy) is 4. The molecule has 1 aliphatic carbocycles. The molecule has 3 rings (SSSR count). The summed E-state index contributed by atoms with van der Waals surface area (Å²) in [5, 5.41) is 0. The number of carbonyl (C=O) groups excluding carboxylic acids is 2. The van der Waals surface area contributed by atoms with Crippen molar-refractivity contribution in [1.82, 2.24) is 0 Å². The summed E-state index contributed by atoms with van der Waals surface area (Å²) in [5.41, 5.74) is 0. The molecule has 2 saturated heterocycles. The number of ketones is 1. The molecule has 0 aromatic carbocycles. The van der Waals surface area contributed by atoms with Gasteiger partial charge < -0.3 is 18.9 Å². The fourth-order valence-corrected chi connectivity index (χ4v) is 5.34. The summed E-state index contributed by atoms with van der Waals surface area (Å²) < 4.78 is 23.0. The lowest BCUT2D eigenvalue weighted by Crippen LogP contribution is -2.30. The van der Waals surface area contributed by atoms with Gasteiger partial charge in [0.05, 0.1) is 12.7 Å². The normalized spacial score (nSPS) is 29.4. The van der Waals surface area contributed by atoms with Crippen molar-refractivity contribution < 1.29 is 28.5 Å². The largest absolute Gasteiger partial charge is 0.436 e.